The number of allylic oxidation sites excluding steroid dienone is 1. The van der Waals surface area contributed by atoms with Crippen LogP contribution in [0.2, 0.25) is 0 Å². The Kier molecular flexibility index (Phi) is 5.10. The summed E-state index contributed by atoms with van der Waals surface area (Å²) in [7, 11) is 0. The molecule has 5 aliphatic rings. The van der Waals surface area contributed by atoms with Crippen molar-refractivity contribution >= 4 is 11.6 Å². The summed E-state index contributed by atoms with van der Waals surface area (Å²) in [4.78, 5) is 26.1. The normalized spacial score (nSPS) is 52.8. The van der Waals surface area contributed by atoms with Crippen LogP contribution in [-0.2, 0) is 9.59 Å². The van der Waals surface area contributed by atoms with E-state index in [1.54, 1.807) is 0 Å². The van der Waals surface area contributed by atoms with Crippen molar-refractivity contribution in [3.63, 3.8) is 0 Å². The van der Waals surface area contributed by atoms with Gasteiger partial charge in [0.05, 0.1) is 0 Å². The van der Waals surface area contributed by atoms with Crippen LogP contribution < -0.4 is 0 Å². The van der Waals surface area contributed by atoms with Crippen LogP contribution in [0, 0.1) is 56.7 Å². The lowest BCUT2D eigenvalue weighted by Crippen LogP contribution is -2.66. The number of ketones is 2. The van der Waals surface area contributed by atoms with Crippen molar-refractivity contribution < 1.29 is 9.59 Å². The summed E-state index contributed by atoms with van der Waals surface area (Å²) in [5.41, 5.74) is 1.86. The van der Waals surface area contributed by atoms with Gasteiger partial charge in [0.2, 0.25) is 0 Å². The maximum atomic E-state index is 13.2. The number of Topliss-reactive ketones (excluding diaryl/α,β-unsaturated/α-hetero) is 2. The lowest BCUT2D eigenvalue weighted by molar-refractivity contribution is -0.232. The second kappa shape index (κ2) is 7.07. The quantitative estimate of drug-likeness (QED) is 0.400. The molecule has 0 N–H and O–H groups in total. The van der Waals surface area contributed by atoms with Gasteiger partial charge in [-0.1, -0.05) is 46.8 Å². The van der Waals surface area contributed by atoms with E-state index in [4.69, 9.17) is 0 Å². The third kappa shape index (κ3) is 2.73. The average Bonchev–Trinajstić information content (AvgIpc) is 3.13. The van der Waals surface area contributed by atoms with Gasteiger partial charge in [0.15, 0.2) is 0 Å². The highest BCUT2D eigenvalue weighted by molar-refractivity contribution is 5.85. The number of carbonyl (C=O) groups is 2. The van der Waals surface area contributed by atoms with Gasteiger partial charge in [-0.25, -0.2) is 0 Å². The summed E-state index contributed by atoms with van der Waals surface area (Å²) in [5.74, 6) is 3.77. The molecule has 0 bridgehead atoms. The lowest BCUT2D eigenvalue weighted by atomic mass is 9.32. The first-order valence-electron chi connectivity index (χ1n) is 14.0. The number of rotatable bonds is 2. The second-order valence-corrected chi connectivity index (χ2v) is 14.5. The largest absolute Gasteiger partial charge is 0.299 e. The van der Waals surface area contributed by atoms with Gasteiger partial charge in [0.25, 0.3) is 0 Å². The highest BCUT2D eigenvalue weighted by Gasteiger charge is 2.71. The van der Waals surface area contributed by atoms with Crippen LogP contribution in [-0.4, -0.2) is 11.6 Å². The van der Waals surface area contributed by atoms with Crippen LogP contribution >= 0.6 is 0 Å². The molecule has 5 fully saturated rings. The first-order valence-corrected chi connectivity index (χ1v) is 14.0. The van der Waals surface area contributed by atoms with Crippen molar-refractivity contribution in [1.29, 1.82) is 0 Å². The number of carbonyl (C=O) groups excluding carboxylic acids is 2. The van der Waals surface area contributed by atoms with Crippen molar-refractivity contribution in [2.24, 2.45) is 56.7 Å². The summed E-state index contributed by atoms with van der Waals surface area (Å²) in [6.07, 6.45) is 11.3. The van der Waals surface area contributed by atoms with Gasteiger partial charge in [-0.15, -0.1) is 0 Å². The zero-order chi connectivity index (χ0) is 24.2. The Labute approximate surface area is 202 Å². The molecule has 5 rings (SSSR count). The number of hydrogen-bond donors (Lipinski definition) is 0. The standard InChI is InChI=1S/C31H48O2/c1-19(2)21-11-16-31(20(3)32)18-17-29(7)22(26(21)31)9-10-24-28(6)14-13-25(33)27(4,5)23(28)12-15-30(24,29)8/h21-24,26H,1,9-18H2,2-8H3/t21-,22+,23?,24+,26?,28-,29+,30+,31+/m0/s1. The molecule has 5 saturated carbocycles. The van der Waals surface area contributed by atoms with Gasteiger partial charge in [0.1, 0.15) is 11.6 Å². The minimum absolute atomic E-state index is 0.0999. The molecular formula is C31H48O2. The van der Waals surface area contributed by atoms with Crippen molar-refractivity contribution in [2.45, 2.75) is 113 Å². The third-order valence-corrected chi connectivity index (χ3v) is 13.5. The van der Waals surface area contributed by atoms with Crippen LogP contribution in [0.4, 0.5) is 0 Å². The van der Waals surface area contributed by atoms with E-state index < -0.39 is 0 Å². The predicted octanol–water partition coefficient (Wildman–Crippen LogP) is 7.80. The fourth-order valence-corrected chi connectivity index (χ4v) is 11.5. The van der Waals surface area contributed by atoms with Crippen LogP contribution in [0.25, 0.3) is 0 Å². The van der Waals surface area contributed by atoms with E-state index in [0.717, 1.165) is 32.1 Å². The smallest absolute Gasteiger partial charge is 0.138 e. The summed E-state index contributed by atoms with van der Waals surface area (Å²) in [6, 6.07) is 0. The Morgan fingerprint density at radius 2 is 1.52 bits per heavy atom. The summed E-state index contributed by atoms with van der Waals surface area (Å²) in [5, 5.41) is 0. The summed E-state index contributed by atoms with van der Waals surface area (Å²) >= 11 is 0. The van der Waals surface area contributed by atoms with Crippen molar-refractivity contribution in [3.8, 4) is 0 Å². The maximum absolute atomic E-state index is 13.2. The Balaban J connectivity index is 1.57. The van der Waals surface area contributed by atoms with E-state index in [-0.39, 0.29) is 21.7 Å². The molecule has 0 radical (unpaired) electrons. The summed E-state index contributed by atoms with van der Waals surface area (Å²) in [6.45, 7) is 20.8. The fraction of sp³-hybridized carbons (Fsp3) is 0.871. The zero-order valence-corrected chi connectivity index (χ0v) is 22.5. The molecule has 2 nitrogen and oxygen atoms in total. The minimum Gasteiger partial charge on any atom is -0.299 e. The van der Waals surface area contributed by atoms with Gasteiger partial charge in [-0.05, 0) is 117 Å². The molecule has 0 amide bonds. The molecule has 33 heavy (non-hydrogen) atoms. The van der Waals surface area contributed by atoms with E-state index in [1.165, 1.54) is 37.7 Å². The number of hydrogen-bond acceptors (Lipinski definition) is 2. The van der Waals surface area contributed by atoms with Crippen molar-refractivity contribution in [1.82, 2.24) is 0 Å². The summed E-state index contributed by atoms with van der Waals surface area (Å²) < 4.78 is 0. The van der Waals surface area contributed by atoms with Gasteiger partial charge in [0, 0.05) is 17.3 Å². The molecule has 9 atom stereocenters. The lowest BCUT2D eigenvalue weighted by Gasteiger charge is -2.72. The Bertz CT molecular complexity index is 899. The third-order valence-electron chi connectivity index (χ3n) is 13.5. The average molecular weight is 453 g/mol. The minimum atomic E-state index is -0.182. The molecule has 0 spiro atoms. The van der Waals surface area contributed by atoms with Crippen molar-refractivity contribution in [3.05, 3.63) is 12.2 Å². The van der Waals surface area contributed by atoms with Crippen molar-refractivity contribution in [2.75, 3.05) is 0 Å². The van der Waals surface area contributed by atoms with Gasteiger partial charge in [-0.3, -0.25) is 9.59 Å². The van der Waals surface area contributed by atoms with Gasteiger partial charge < -0.3 is 0 Å². The first kappa shape index (κ1) is 23.8. The van der Waals surface area contributed by atoms with Crippen LogP contribution in [0.15, 0.2) is 12.2 Å². The SMILES string of the molecule is C=C(C)[C@@H]1CC[C@]2(C(C)=O)CC[C@]3(C)[C@H](CC[C@@H]4[C@@]5(C)CCC(=O)C(C)(C)C5CC[C@]43C)C12. The Hall–Kier alpha value is -0.920. The van der Waals surface area contributed by atoms with Crippen LogP contribution in [0.1, 0.15) is 113 Å². The second-order valence-electron chi connectivity index (χ2n) is 14.5. The van der Waals surface area contributed by atoms with E-state index in [0.29, 0.717) is 46.6 Å². The van der Waals surface area contributed by atoms with E-state index >= 15 is 0 Å². The highest BCUT2D eigenvalue weighted by Crippen LogP contribution is 2.77. The molecule has 2 unspecified atom stereocenters. The highest BCUT2D eigenvalue weighted by atomic mass is 16.1. The molecule has 0 heterocycles. The molecule has 2 heteroatoms. The zero-order valence-electron chi connectivity index (χ0n) is 22.5. The fourth-order valence-electron chi connectivity index (χ4n) is 11.5. The Morgan fingerprint density at radius 1 is 0.818 bits per heavy atom. The molecule has 0 saturated heterocycles. The maximum Gasteiger partial charge on any atom is 0.138 e. The molecule has 0 aromatic rings. The van der Waals surface area contributed by atoms with E-state index in [9.17, 15) is 9.59 Å². The molecule has 0 aromatic heterocycles. The molecule has 0 aliphatic heterocycles. The van der Waals surface area contributed by atoms with E-state index in [2.05, 4.69) is 48.1 Å². The monoisotopic (exact) mass is 452 g/mol. The topological polar surface area (TPSA) is 34.1 Å². The molecule has 0 aromatic carbocycles. The molecular weight excluding hydrogens is 404 g/mol. The van der Waals surface area contributed by atoms with Gasteiger partial charge >= 0.3 is 0 Å². The Morgan fingerprint density at radius 3 is 2.15 bits per heavy atom. The van der Waals surface area contributed by atoms with E-state index in [1.807, 2.05) is 6.92 Å². The predicted molar refractivity (Wildman–Crippen MR) is 135 cm³/mol. The molecule has 5 aliphatic carbocycles. The van der Waals surface area contributed by atoms with Crippen LogP contribution in [0.5, 0.6) is 0 Å². The number of fused-ring (bicyclic) bond motifs is 7. The molecule has 184 valence electrons. The van der Waals surface area contributed by atoms with Gasteiger partial charge in [-0.2, -0.15) is 0 Å². The van der Waals surface area contributed by atoms with Crippen LogP contribution in [0.3, 0.4) is 0 Å². The first-order chi connectivity index (χ1) is 15.3.